The fourth-order valence-corrected chi connectivity index (χ4v) is 6.97. The van der Waals surface area contributed by atoms with Gasteiger partial charge >= 0.3 is 11.9 Å². The zero-order valence-corrected chi connectivity index (χ0v) is 22.9. The van der Waals surface area contributed by atoms with E-state index < -0.39 is 50.3 Å². The molecule has 39 heavy (non-hydrogen) atoms. The maximum absolute atomic E-state index is 14.1. The van der Waals surface area contributed by atoms with E-state index in [9.17, 15) is 26.8 Å². The maximum Gasteiger partial charge on any atom is 0.337 e. The van der Waals surface area contributed by atoms with Gasteiger partial charge in [0.25, 0.3) is 0 Å². The molecule has 206 valence electrons. The highest BCUT2D eigenvalue weighted by atomic mass is 35.5. The Bertz CT molecular complexity index is 1470. The first kappa shape index (κ1) is 28.7. The summed E-state index contributed by atoms with van der Waals surface area (Å²) in [4.78, 5) is 26.0. The van der Waals surface area contributed by atoms with Gasteiger partial charge in [-0.15, -0.1) is 0 Å². The van der Waals surface area contributed by atoms with Crippen LogP contribution in [0.15, 0.2) is 66.7 Å². The van der Waals surface area contributed by atoms with Crippen molar-refractivity contribution in [1.82, 2.24) is 4.90 Å². The third-order valence-corrected chi connectivity index (χ3v) is 8.39. The molecule has 0 radical (unpaired) electrons. The highest BCUT2D eigenvalue weighted by molar-refractivity contribution is 7.91. The molecule has 0 unspecified atom stereocenters. The van der Waals surface area contributed by atoms with Crippen molar-refractivity contribution in [3.8, 4) is 0 Å². The summed E-state index contributed by atoms with van der Waals surface area (Å²) >= 11 is 6.10. The molecule has 0 amide bonds. The summed E-state index contributed by atoms with van der Waals surface area (Å²) < 4.78 is 64.8. The molecule has 0 N–H and O–H groups in total. The second-order valence-electron chi connectivity index (χ2n) is 9.54. The normalized spacial score (nSPS) is 16.6. The van der Waals surface area contributed by atoms with E-state index in [0.717, 1.165) is 36.4 Å². The maximum atomic E-state index is 14.1. The minimum absolute atomic E-state index is 0.0610. The number of carbonyl (C=O) groups is 2. The van der Waals surface area contributed by atoms with Crippen molar-refractivity contribution < 1.29 is 36.3 Å². The Morgan fingerprint density at radius 1 is 0.923 bits per heavy atom. The van der Waals surface area contributed by atoms with Gasteiger partial charge in [0.05, 0.1) is 18.7 Å². The molecule has 0 saturated carbocycles. The molecule has 0 aromatic heterocycles. The van der Waals surface area contributed by atoms with E-state index >= 15 is 0 Å². The Morgan fingerprint density at radius 3 is 1.90 bits per heavy atom. The van der Waals surface area contributed by atoms with Crippen LogP contribution in [0, 0.1) is 11.6 Å². The predicted molar refractivity (Wildman–Crippen MR) is 141 cm³/mol. The summed E-state index contributed by atoms with van der Waals surface area (Å²) in [6, 6.07) is 15.8. The van der Waals surface area contributed by atoms with Crippen LogP contribution in [0.2, 0.25) is 5.02 Å². The van der Waals surface area contributed by atoms with Gasteiger partial charge < -0.3 is 9.47 Å². The topological polar surface area (TPSA) is 90.0 Å². The van der Waals surface area contributed by atoms with Crippen LogP contribution in [0.25, 0.3) is 0 Å². The summed E-state index contributed by atoms with van der Waals surface area (Å²) in [6.07, 6.45) is 0.941. The van der Waals surface area contributed by atoms with Crippen LogP contribution in [0.4, 0.5) is 8.78 Å². The van der Waals surface area contributed by atoms with Gasteiger partial charge in [-0.3, -0.25) is 9.69 Å². The van der Waals surface area contributed by atoms with E-state index in [0.29, 0.717) is 16.7 Å². The molecule has 0 bridgehead atoms. The molecule has 2 atom stereocenters. The molecule has 3 aromatic rings. The molecule has 11 heteroatoms. The zero-order valence-electron chi connectivity index (χ0n) is 21.4. The minimum atomic E-state index is -4.02. The number of carbonyl (C=O) groups excluding carboxylic acids is 2. The highest BCUT2D eigenvalue weighted by Crippen LogP contribution is 2.47. The molecule has 1 heterocycles. The highest BCUT2D eigenvalue weighted by Gasteiger charge is 2.58. The van der Waals surface area contributed by atoms with E-state index in [1.807, 2.05) is 17.0 Å². The predicted octanol–water partition coefficient (Wildman–Crippen LogP) is 4.90. The van der Waals surface area contributed by atoms with Crippen LogP contribution in [0.1, 0.15) is 45.3 Å². The van der Waals surface area contributed by atoms with Crippen LogP contribution >= 0.6 is 11.6 Å². The number of nitrogens with zero attached hydrogens (tertiary/aromatic N) is 1. The first-order chi connectivity index (χ1) is 18.3. The third-order valence-electron chi connectivity index (χ3n) is 6.58. The van der Waals surface area contributed by atoms with Crippen molar-refractivity contribution in [2.45, 2.75) is 23.8 Å². The van der Waals surface area contributed by atoms with Crippen molar-refractivity contribution >= 4 is 33.4 Å². The smallest absolute Gasteiger partial charge is 0.337 e. The molecule has 1 aliphatic rings. The fraction of sp³-hybridized carbons (Fsp3) is 0.286. The molecule has 1 aliphatic heterocycles. The molecule has 4 rings (SSSR count). The van der Waals surface area contributed by atoms with Crippen LogP contribution in [0.5, 0.6) is 0 Å². The van der Waals surface area contributed by atoms with Crippen LogP contribution in [0.3, 0.4) is 0 Å². The second-order valence-corrected chi connectivity index (χ2v) is 12.1. The van der Waals surface area contributed by atoms with Gasteiger partial charge in [-0.05, 0) is 53.1 Å². The third kappa shape index (κ3) is 6.13. The molecule has 1 fully saturated rings. The molecule has 1 saturated heterocycles. The number of benzene rings is 3. The molecular weight excluding hydrogens is 552 g/mol. The monoisotopic (exact) mass is 577 g/mol. The molecule has 3 aromatic carbocycles. The van der Waals surface area contributed by atoms with Crippen LogP contribution in [-0.2, 0) is 24.1 Å². The number of likely N-dealkylation sites (tertiary alicyclic amines) is 1. The Morgan fingerprint density at radius 2 is 1.44 bits per heavy atom. The van der Waals surface area contributed by atoms with Gasteiger partial charge in [0.1, 0.15) is 16.9 Å². The first-order valence-electron chi connectivity index (χ1n) is 11.9. The lowest BCUT2D eigenvalue weighted by molar-refractivity contribution is -0.182. The number of sulfone groups is 1. The summed E-state index contributed by atoms with van der Waals surface area (Å²) in [5.74, 6) is -3.12. The number of rotatable bonds is 8. The second kappa shape index (κ2) is 11.0. The van der Waals surface area contributed by atoms with Crippen molar-refractivity contribution in [2.75, 3.05) is 26.5 Å². The number of methoxy groups -OCH3 is 1. The summed E-state index contributed by atoms with van der Waals surface area (Å²) in [5.41, 5.74) is 0.139. The number of hydrogen-bond acceptors (Lipinski definition) is 7. The largest absolute Gasteiger partial charge is 0.465 e. The molecule has 0 aliphatic carbocycles. The summed E-state index contributed by atoms with van der Waals surface area (Å²) in [7, 11) is -2.74. The minimum Gasteiger partial charge on any atom is -0.465 e. The van der Waals surface area contributed by atoms with E-state index in [2.05, 4.69) is 0 Å². The number of ether oxygens (including phenoxy) is 2. The standard InChI is InChI=1S/C28H26ClF2NO6S/c1-17(33)38-28(26(39(3,35)36)21-12-23(30)14-24(31)13-21)15-32(16-28)25(19-8-10-22(29)11-9-19)18-4-6-20(7-5-18)27(34)37-2/h4-14,25-26H,15-16H2,1-3H3/t25-,26-/m1/s1. The quantitative estimate of drug-likeness (QED) is 0.352. The number of esters is 2. The average molecular weight is 578 g/mol. The van der Waals surface area contributed by atoms with E-state index in [-0.39, 0.29) is 18.7 Å². The van der Waals surface area contributed by atoms with E-state index in [1.165, 1.54) is 7.11 Å². The molecule has 7 nitrogen and oxygen atoms in total. The lowest BCUT2D eigenvalue weighted by atomic mass is 9.82. The van der Waals surface area contributed by atoms with E-state index in [1.54, 1.807) is 36.4 Å². The number of hydrogen-bond donors (Lipinski definition) is 0. The van der Waals surface area contributed by atoms with Gasteiger partial charge in [0, 0.05) is 37.4 Å². The fourth-order valence-electron chi connectivity index (χ4n) is 5.24. The first-order valence-corrected chi connectivity index (χ1v) is 14.2. The summed E-state index contributed by atoms with van der Waals surface area (Å²) in [5, 5.41) is -1.01. The Balaban J connectivity index is 1.78. The molecular formula is C28H26ClF2NO6S. The average Bonchev–Trinajstić information content (AvgIpc) is 2.82. The van der Waals surface area contributed by atoms with E-state index in [4.69, 9.17) is 21.1 Å². The van der Waals surface area contributed by atoms with Gasteiger partial charge in [-0.1, -0.05) is 35.9 Å². The number of halogens is 3. The van der Waals surface area contributed by atoms with Crippen LogP contribution in [-0.4, -0.2) is 57.3 Å². The van der Waals surface area contributed by atoms with Crippen molar-refractivity contribution in [3.63, 3.8) is 0 Å². The Kier molecular flexibility index (Phi) is 8.11. The van der Waals surface area contributed by atoms with Crippen molar-refractivity contribution in [1.29, 1.82) is 0 Å². The Labute approximate surface area is 230 Å². The van der Waals surface area contributed by atoms with Crippen molar-refractivity contribution in [3.05, 3.63) is 106 Å². The molecule has 0 spiro atoms. The SMILES string of the molecule is COC(=O)c1ccc([C@H](c2ccc(Cl)cc2)N2CC(OC(C)=O)([C@@H](c3cc(F)cc(F)c3)S(C)(=O)=O)C2)cc1. The van der Waals surface area contributed by atoms with Gasteiger partial charge in [-0.2, -0.15) is 0 Å². The van der Waals surface area contributed by atoms with Crippen molar-refractivity contribution in [2.24, 2.45) is 0 Å². The summed E-state index contributed by atoms with van der Waals surface area (Å²) in [6.45, 7) is 1.03. The van der Waals surface area contributed by atoms with Gasteiger partial charge in [-0.25, -0.2) is 22.0 Å². The van der Waals surface area contributed by atoms with Gasteiger partial charge in [0.2, 0.25) is 0 Å². The lowest BCUT2D eigenvalue weighted by Gasteiger charge is -2.54. The van der Waals surface area contributed by atoms with Crippen LogP contribution < -0.4 is 0 Å². The Hall–Kier alpha value is -3.34. The lowest BCUT2D eigenvalue weighted by Crippen LogP contribution is -2.68. The van der Waals surface area contributed by atoms with Gasteiger partial charge in [0.15, 0.2) is 15.4 Å². The zero-order chi connectivity index (χ0) is 28.5.